The van der Waals surface area contributed by atoms with Crippen molar-refractivity contribution in [2.24, 2.45) is 0 Å². The summed E-state index contributed by atoms with van der Waals surface area (Å²) < 4.78 is 7.26. The van der Waals surface area contributed by atoms with Gasteiger partial charge in [0.15, 0.2) is 18.1 Å². The Bertz CT molecular complexity index is 1150. The van der Waals surface area contributed by atoms with Gasteiger partial charge in [0.1, 0.15) is 5.75 Å². The van der Waals surface area contributed by atoms with Gasteiger partial charge < -0.3 is 10.1 Å². The zero-order valence-corrected chi connectivity index (χ0v) is 16.3. The first-order chi connectivity index (χ1) is 14.1. The molecule has 1 amide bonds. The molecule has 0 aliphatic carbocycles. The molecule has 4 aromatic rings. The topological polar surface area (TPSA) is 81.4 Å². The molecule has 0 unspecified atom stereocenters. The van der Waals surface area contributed by atoms with Crippen LogP contribution in [0.25, 0.3) is 16.9 Å². The quantitative estimate of drug-likeness (QED) is 0.546. The summed E-state index contributed by atoms with van der Waals surface area (Å²) in [4.78, 5) is 12.3. The highest BCUT2D eigenvalue weighted by molar-refractivity contribution is 5.92. The third-order valence-electron chi connectivity index (χ3n) is 4.56. The summed E-state index contributed by atoms with van der Waals surface area (Å²) in [6.07, 6.45) is 0.968. The molecule has 0 spiro atoms. The molecule has 0 aliphatic rings. The van der Waals surface area contributed by atoms with Crippen LogP contribution in [0.2, 0.25) is 0 Å². The van der Waals surface area contributed by atoms with Crippen molar-refractivity contribution in [1.82, 2.24) is 19.8 Å². The third-order valence-corrected chi connectivity index (χ3v) is 4.56. The van der Waals surface area contributed by atoms with Gasteiger partial charge in [0, 0.05) is 11.3 Å². The fraction of sp³-hybridized carbons (Fsp3) is 0.182. The number of carbonyl (C=O) groups is 1. The number of amides is 1. The van der Waals surface area contributed by atoms with Gasteiger partial charge in [-0.25, -0.2) is 0 Å². The van der Waals surface area contributed by atoms with Crippen LogP contribution in [0.3, 0.4) is 0 Å². The van der Waals surface area contributed by atoms with E-state index in [9.17, 15) is 4.79 Å². The monoisotopic (exact) mass is 387 g/mol. The highest BCUT2D eigenvalue weighted by Gasteiger charge is 2.08. The van der Waals surface area contributed by atoms with E-state index in [1.165, 1.54) is 5.56 Å². The summed E-state index contributed by atoms with van der Waals surface area (Å²) >= 11 is 0. The summed E-state index contributed by atoms with van der Waals surface area (Å²) in [6, 6.07) is 19.0. The van der Waals surface area contributed by atoms with E-state index in [1.807, 2.05) is 67.6 Å². The van der Waals surface area contributed by atoms with Crippen molar-refractivity contribution in [3.63, 3.8) is 0 Å². The molecule has 2 aromatic carbocycles. The van der Waals surface area contributed by atoms with Crippen LogP contribution in [0.4, 0.5) is 5.69 Å². The van der Waals surface area contributed by atoms with Crippen molar-refractivity contribution in [2.45, 2.75) is 20.3 Å². The van der Waals surface area contributed by atoms with E-state index in [4.69, 9.17) is 4.74 Å². The molecule has 0 bridgehead atoms. The number of nitrogens with zero attached hydrogens (tertiary/aromatic N) is 4. The number of fused-ring (bicyclic) bond motifs is 1. The number of carbonyl (C=O) groups excluding carboxylic acids is 1. The molecule has 7 nitrogen and oxygen atoms in total. The lowest BCUT2D eigenvalue weighted by atomic mass is 10.1. The number of aryl methyl sites for hydroxylation is 2. The second kappa shape index (κ2) is 8.10. The Morgan fingerprint density at radius 2 is 1.90 bits per heavy atom. The van der Waals surface area contributed by atoms with E-state index in [-0.39, 0.29) is 12.5 Å². The Balaban J connectivity index is 1.43. The van der Waals surface area contributed by atoms with Crippen LogP contribution in [0.1, 0.15) is 18.3 Å². The number of aromatic nitrogens is 4. The van der Waals surface area contributed by atoms with Crippen molar-refractivity contribution in [2.75, 3.05) is 11.9 Å². The molecule has 0 saturated heterocycles. The van der Waals surface area contributed by atoms with E-state index in [1.54, 1.807) is 4.52 Å². The van der Waals surface area contributed by atoms with Crippen molar-refractivity contribution in [3.05, 3.63) is 72.1 Å². The maximum atomic E-state index is 12.3. The second-order valence-corrected chi connectivity index (χ2v) is 6.65. The predicted molar refractivity (Wildman–Crippen MR) is 111 cm³/mol. The maximum absolute atomic E-state index is 12.3. The van der Waals surface area contributed by atoms with Crippen LogP contribution in [0, 0.1) is 6.92 Å². The summed E-state index contributed by atoms with van der Waals surface area (Å²) in [5.74, 6) is 1.17. The smallest absolute Gasteiger partial charge is 0.262 e. The number of hydrogen-bond donors (Lipinski definition) is 1. The molecular weight excluding hydrogens is 366 g/mol. The van der Waals surface area contributed by atoms with Gasteiger partial charge in [-0.2, -0.15) is 9.61 Å². The molecular formula is C22H21N5O2. The Labute approximate surface area is 168 Å². The SMILES string of the molecule is CCc1ccc(OCC(=O)Nc2cccc(-c3ccc4nnc(C)n4n3)c2)cc1. The summed E-state index contributed by atoms with van der Waals surface area (Å²) in [5, 5.41) is 15.5. The number of benzene rings is 2. The second-order valence-electron chi connectivity index (χ2n) is 6.65. The zero-order valence-electron chi connectivity index (χ0n) is 16.3. The van der Waals surface area contributed by atoms with E-state index >= 15 is 0 Å². The average molecular weight is 387 g/mol. The Morgan fingerprint density at radius 1 is 1.07 bits per heavy atom. The maximum Gasteiger partial charge on any atom is 0.262 e. The molecule has 4 rings (SSSR count). The number of rotatable bonds is 6. The van der Waals surface area contributed by atoms with Gasteiger partial charge in [0.25, 0.3) is 5.91 Å². The van der Waals surface area contributed by atoms with Gasteiger partial charge in [0.2, 0.25) is 0 Å². The van der Waals surface area contributed by atoms with Gasteiger partial charge in [0.05, 0.1) is 5.69 Å². The molecule has 29 heavy (non-hydrogen) atoms. The van der Waals surface area contributed by atoms with Crippen molar-refractivity contribution >= 4 is 17.2 Å². The van der Waals surface area contributed by atoms with Gasteiger partial charge in [-0.3, -0.25) is 4.79 Å². The minimum Gasteiger partial charge on any atom is -0.484 e. The normalized spacial score (nSPS) is 10.8. The number of hydrogen-bond acceptors (Lipinski definition) is 5. The van der Waals surface area contributed by atoms with E-state index in [0.717, 1.165) is 23.5 Å². The average Bonchev–Trinajstić information content (AvgIpc) is 3.13. The molecule has 146 valence electrons. The molecule has 0 fully saturated rings. The molecule has 2 heterocycles. The number of anilines is 1. The molecule has 0 radical (unpaired) electrons. The van der Waals surface area contributed by atoms with Crippen LogP contribution in [0.15, 0.2) is 60.7 Å². The van der Waals surface area contributed by atoms with Crippen molar-refractivity contribution in [1.29, 1.82) is 0 Å². The Hall–Kier alpha value is -3.74. The molecule has 1 N–H and O–H groups in total. The van der Waals surface area contributed by atoms with Crippen LogP contribution in [-0.4, -0.2) is 32.3 Å². The van der Waals surface area contributed by atoms with E-state index < -0.39 is 0 Å². The first kappa shape index (κ1) is 18.6. The van der Waals surface area contributed by atoms with E-state index in [0.29, 0.717) is 17.1 Å². The first-order valence-electron chi connectivity index (χ1n) is 9.43. The van der Waals surface area contributed by atoms with Crippen molar-refractivity contribution in [3.8, 4) is 17.0 Å². The Morgan fingerprint density at radius 3 is 2.69 bits per heavy atom. The fourth-order valence-corrected chi connectivity index (χ4v) is 2.97. The van der Waals surface area contributed by atoms with E-state index in [2.05, 4.69) is 27.5 Å². The number of ether oxygens (including phenoxy) is 1. The van der Waals surface area contributed by atoms with Gasteiger partial charge in [-0.1, -0.05) is 31.2 Å². The molecule has 7 heteroatoms. The fourth-order valence-electron chi connectivity index (χ4n) is 2.97. The van der Waals surface area contributed by atoms with Gasteiger partial charge in [-0.15, -0.1) is 10.2 Å². The van der Waals surface area contributed by atoms with Crippen LogP contribution in [0.5, 0.6) is 5.75 Å². The predicted octanol–water partition coefficient (Wildman–Crippen LogP) is 3.68. The lowest BCUT2D eigenvalue weighted by molar-refractivity contribution is -0.118. The Kier molecular flexibility index (Phi) is 5.20. The van der Waals surface area contributed by atoms with Crippen LogP contribution in [-0.2, 0) is 11.2 Å². The summed E-state index contributed by atoms with van der Waals surface area (Å²) in [7, 11) is 0. The lowest BCUT2D eigenvalue weighted by Crippen LogP contribution is -2.20. The minimum atomic E-state index is -0.222. The third kappa shape index (κ3) is 4.24. The van der Waals surface area contributed by atoms with Gasteiger partial charge in [-0.05, 0) is 55.3 Å². The first-order valence-corrected chi connectivity index (χ1v) is 9.43. The standard InChI is InChI=1S/C22H21N5O2/c1-3-16-7-9-19(10-8-16)29-14-22(28)23-18-6-4-5-17(13-18)20-11-12-21-25-24-15(2)27(21)26-20/h4-13H,3,14H2,1-2H3,(H,23,28). The highest BCUT2D eigenvalue weighted by atomic mass is 16.5. The zero-order chi connectivity index (χ0) is 20.2. The summed E-state index contributed by atoms with van der Waals surface area (Å²) in [5.41, 5.74) is 4.25. The molecule has 0 saturated carbocycles. The van der Waals surface area contributed by atoms with Crippen molar-refractivity contribution < 1.29 is 9.53 Å². The minimum absolute atomic E-state index is 0.0557. The molecule has 0 aliphatic heterocycles. The lowest BCUT2D eigenvalue weighted by Gasteiger charge is -2.09. The largest absolute Gasteiger partial charge is 0.484 e. The van der Waals surface area contributed by atoms with Gasteiger partial charge >= 0.3 is 0 Å². The summed E-state index contributed by atoms with van der Waals surface area (Å²) in [6.45, 7) is 3.89. The molecule has 2 aromatic heterocycles. The molecule has 0 atom stereocenters. The van der Waals surface area contributed by atoms with Crippen LogP contribution < -0.4 is 10.1 Å². The number of nitrogens with one attached hydrogen (secondary N) is 1. The van der Waals surface area contributed by atoms with Crippen LogP contribution >= 0.6 is 0 Å². The highest BCUT2D eigenvalue weighted by Crippen LogP contribution is 2.21.